The van der Waals surface area contributed by atoms with Crippen LogP contribution >= 0.6 is 0 Å². The Hall–Kier alpha value is -1.45. The first kappa shape index (κ1) is 30.7. The van der Waals surface area contributed by atoms with Gasteiger partial charge < -0.3 is 40.3 Å². The molecular weight excluding hydrogens is 547 g/mol. The minimum atomic E-state index is -1.40. The van der Waals surface area contributed by atoms with Gasteiger partial charge in [0.15, 0.2) is 0 Å². The topological polar surface area (TPSA) is 188 Å². The average Bonchev–Trinajstić information content (AvgIpc) is 2.61. The fourth-order valence-corrected chi connectivity index (χ4v) is 2.38. The van der Waals surface area contributed by atoms with Crippen molar-refractivity contribution in [2.75, 3.05) is 73.0 Å². The van der Waals surface area contributed by atoms with E-state index in [0.29, 0.717) is 0 Å². The van der Waals surface area contributed by atoms with Gasteiger partial charge in [0.1, 0.15) is 0 Å². The molecule has 0 saturated heterocycles. The van der Waals surface area contributed by atoms with Crippen molar-refractivity contribution in [3.05, 3.63) is 0 Å². The van der Waals surface area contributed by atoms with Crippen LogP contribution in [-0.4, -0.2) is 117 Å². The molecule has 0 atom stereocenters. The van der Waals surface area contributed by atoms with Crippen molar-refractivity contribution in [2.24, 2.45) is 0 Å². The van der Waals surface area contributed by atoms with Crippen LogP contribution in [0, 0.1) is 39.9 Å². The molecule has 2 amide bonds. The fraction of sp³-hybridized carbons (Fsp3) is 0.688. The number of aliphatic carboxylic acids is 3. The third-order valence-corrected chi connectivity index (χ3v) is 3.82. The molecule has 174 valence electrons. The molecule has 0 aromatic rings. The van der Waals surface area contributed by atoms with Crippen LogP contribution in [0.2, 0.25) is 0 Å². The predicted octanol–water partition coefficient (Wildman–Crippen LogP) is -7.37. The molecule has 14 heteroatoms. The van der Waals surface area contributed by atoms with Gasteiger partial charge in [-0.1, -0.05) is 0 Å². The largest absolute Gasteiger partial charge is 0.549 e. The number of hydrogen-bond donors (Lipinski definition) is 2. The summed E-state index contributed by atoms with van der Waals surface area (Å²) < 4.78 is 0. The first-order chi connectivity index (χ1) is 13.6. The zero-order valence-corrected chi connectivity index (χ0v) is 19.1. The van der Waals surface area contributed by atoms with E-state index in [9.17, 15) is 39.3 Å². The number of nitrogens with zero attached hydrogens (tertiary/aromatic N) is 3. The molecule has 0 unspecified atom stereocenters. The van der Waals surface area contributed by atoms with Gasteiger partial charge in [-0.05, 0) is 0 Å². The van der Waals surface area contributed by atoms with E-state index in [1.807, 2.05) is 0 Å². The second-order valence-corrected chi connectivity index (χ2v) is 6.16. The maximum atomic E-state index is 11.5. The molecule has 13 nitrogen and oxygen atoms in total. The second-order valence-electron chi connectivity index (χ2n) is 6.16. The van der Waals surface area contributed by atoms with Gasteiger partial charge in [0.05, 0.1) is 31.0 Å². The number of hydrogen-bond acceptors (Lipinski definition) is 11. The maximum Gasteiger partial charge on any atom is 0.233 e. The SMILES string of the molecule is CNC(=O)CN(CCN(CCN(CC(=O)[O-])CC(=O)NC)CC(=O)[O-])CC(=O)[O-].[Gd]. The smallest absolute Gasteiger partial charge is 0.233 e. The van der Waals surface area contributed by atoms with Crippen LogP contribution in [-0.2, 0) is 24.0 Å². The van der Waals surface area contributed by atoms with Crippen LogP contribution in [0.5, 0.6) is 0 Å². The van der Waals surface area contributed by atoms with E-state index in [2.05, 4.69) is 10.6 Å². The van der Waals surface area contributed by atoms with Crippen molar-refractivity contribution >= 4 is 29.7 Å². The summed E-state index contributed by atoms with van der Waals surface area (Å²) in [6.45, 7) is -1.84. The van der Waals surface area contributed by atoms with Gasteiger partial charge in [0.2, 0.25) is 11.8 Å². The molecule has 0 spiro atoms. The second kappa shape index (κ2) is 17.3. The average molecular weight is 574 g/mol. The Labute approximate surface area is 206 Å². The van der Waals surface area contributed by atoms with E-state index in [4.69, 9.17) is 0 Å². The normalized spacial score (nSPS) is 10.6. The number of likely N-dealkylation sites (N-methyl/N-ethyl adjacent to an activating group) is 2. The van der Waals surface area contributed by atoms with E-state index in [1.165, 1.54) is 28.8 Å². The van der Waals surface area contributed by atoms with Crippen molar-refractivity contribution in [1.82, 2.24) is 25.3 Å². The molecule has 0 saturated carbocycles. The zero-order chi connectivity index (χ0) is 22.4. The van der Waals surface area contributed by atoms with Crippen LogP contribution < -0.4 is 26.0 Å². The molecule has 30 heavy (non-hydrogen) atoms. The summed E-state index contributed by atoms with van der Waals surface area (Å²) in [6, 6.07) is 0. The van der Waals surface area contributed by atoms with Gasteiger partial charge in [-0.15, -0.1) is 0 Å². The number of carbonyl (C=O) groups excluding carboxylic acids is 5. The molecule has 0 fully saturated rings. The number of nitrogens with one attached hydrogen (secondary N) is 2. The summed E-state index contributed by atoms with van der Waals surface area (Å²) >= 11 is 0. The molecule has 0 heterocycles. The van der Waals surface area contributed by atoms with Crippen LogP contribution in [0.1, 0.15) is 0 Å². The summed E-state index contributed by atoms with van der Waals surface area (Å²) in [5, 5.41) is 37.4. The van der Waals surface area contributed by atoms with Crippen molar-refractivity contribution in [2.45, 2.75) is 0 Å². The van der Waals surface area contributed by atoms with E-state index in [0.717, 1.165) is 0 Å². The Bertz CT molecular complexity index is 550. The molecule has 0 aliphatic heterocycles. The van der Waals surface area contributed by atoms with E-state index in [-0.39, 0.29) is 79.2 Å². The maximum absolute atomic E-state index is 11.5. The van der Waals surface area contributed by atoms with Gasteiger partial charge in [-0.25, -0.2) is 0 Å². The summed E-state index contributed by atoms with van der Waals surface area (Å²) in [5.41, 5.74) is 0. The van der Waals surface area contributed by atoms with Crippen LogP contribution in [0.25, 0.3) is 0 Å². The van der Waals surface area contributed by atoms with Gasteiger partial charge in [-0.3, -0.25) is 24.3 Å². The number of carboxylic acid groups (broad SMARTS) is 3. The standard InChI is InChI=1S/C16H29N5O8.Gd/c1-17-12(22)7-20(10-15(26)27)5-3-19(9-14(24)25)4-6-21(11-16(28)29)8-13(23)18-2;/h3-11H2,1-2H3,(H,17,22)(H,18,23)(H,24,25)(H,26,27)(H,28,29);/p-3. The van der Waals surface area contributed by atoms with E-state index in [1.54, 1.807) is 0 Å². The van der Waals surface area contributed by atoms with Crippen LogP contribution in [0.4, 0.5) is 0 Å². The third kappa shape index (κ3) is 16.4. The molecule has 0 bridgehead atoms. The molecule has 0 aliphatic carbocycles. The Kier molecular flexibility index (Phi) is 17.7. The van der Waals surface area contributed by atoms with Gasteiger partial charge in [0.25, 0.3) is 0 Å². The van der Waals surface area contributed by atoms with Crippen molar-refractivity contribution < 1.29 is 79.2 Å². The van der Waals surface area contributed by atoms with Crippen LogP contribution in [0.3, 0.4) is 0 Å². The van der Waals surface area contributed by atoms with Crippen molar-refractivity contribution in [3.63, 3.8) is 0 Å². The van der Waals surface area contributed by atoms with E-state index < -0.39 is 49.4 Å². The number of carbonyl (C=O) groups is 5. The molecule has 0 rings (SSSR count). The van der Waals surface area contributed by atoms with Crippen molar-refractivity contribution in [3.8, 4) is 0 Å². The number of rotatable bonds is 16. The quantitative estimate of drug-likeness (QED) is 0.178. The number of carboxylic acids is 3. The first-order valence-corrected chi connectivity index (χ1v) is 8.75. The molecule has 0 aromatic carbocycles. The summed E-state index contributed by atoms with van der Waals surface area (Å²) in [4.78, 5) is 59.6. The Morgan fingerprint density at radius 1 is 0.567 bits per heavy atom. The first-order valence-electron chi connectivity index (χ1n) is 8.75. The van der Waals surface area contributed by atoms with Gasteiger partial charge in [-0.2, -0.15) is 0 Å². The minimum absolute atomic E-state index is 0. The Morgan fingerprint density at radius 3 is 1.10 bits per heavy atom. The predicted molar refractivity (Wildman–Crippen MR) is 92.5 cm³/mol. The van der Waals surface area contributed by atoms with Gasteiger partial charge >= 0.3 is 0 Å². The third-order valence-electron chi connectivity index (χ3n) is 3.82. The monoisotopic (exact) mass is 574 g/mol. The number of amides is 2. The summed E-state index contributed by atoms with van der Waals surface area (Å²) in [5.74, 6) is -5.04. The molecule has 0 radical (unpaired) electrons. The molecule has 0 aromatic heterocycles. The zero-order valence-electron chi connectivity index (χ0n) is 16.8. The van der Waals surface area contributed by atoms with E-state index >= 15 is 0 Å². The minimum Gasteiger partial charge on any atom is -0.549 e. The Morgan fingerprint density at radius 2 is 0.833 bits per heavy atom. The molecule has 0 aliphatic rings. The summed E-state index contributed by atoms with van der Waals surface area (Å²) in [6.07, 6.45) is 0. The summed E-state index contributed by atoms with van der Waals surface area (Å²) in [7, 11) is 2.78. The fourth-order valence-electron chi connectivity index (χ4n) is 2.38. The van der Waals surface area contributed by atoms with Crippen LogP contribution in [0.15, 0.2) is 0 Å². The Balaban J connectivity index is 0. The molecular formula is C16H26GdN5O8-3. The van der Waals surface area contributed by atoms with Gasteiger partial charge in [0, 0.05) is 99.8 Å². The molecule has 2 N–H and O–H groups in total. The van der Waals surface area contributed by atoms with Crippen molar-refractivity contribution in [1.29, 1.82) is 0 Å².